The van der Waals surface area contributed by atoms with E-state index < -0.39 is 5.97 Å². The number of benzene rings is 3. The van der Waals surface area contributed by atoms with Gasteiger partial charge in [0.2, 0.25) is 0 Å². The number of anilines is 1. The zero-order valence-electron chi connectivity index (χ0n) is 19.9. The summed E-state index contributed by atoms with van der Waals surface area (Å²) >= 11 is 5.59. The largest absolute Gasteiger partial charge is 0.489 e. The molecule has 0 saturated carbocycles. The van der Waals surface area contributed by atoms with E-state index in [-0.39, 0.29) is 35.7 Å². The van der Waals surface area contributed by atoms with Crippen LogP contribution < -0.4 is 9.64 Å². The molecule has 8 heteroatoms. The third kappa shape index (κ3) is 5.44. The minimum absolute atomic E-state index is 0.0958. The average molecular weight is 505 g/mol. The lowest BCUT2D eigenvalue weighted by Gasteiger charge is -2.19. The normalized spacial score (nSPS) is 14.5. The van der Waals surface area contributed by atoms with Crippen molar-refractivity contribution in [3.63, 3.8) is 0 Å². The Balaban J connectivity index is 1.58. The second-order valence-electron chi connectivity index (χ2n) is 8.08. The number of hydrogen-bond acceptors (Lipinski definition) is 5. The minimum atomic E-state index is -0.517. The van der Waals surface area contributed by atoms with Crippen molar-refractivity contribution in [3.05, 3.63) is 101 Å². The number of ether oxygens (including phenoxy) is 2. The first-order valence-corrected chi connectivity index (χ1v) is 11.8. The SMILES string of the molecule is CCc1ccc(N2C(=O)/C(=C/c3ccc(OCc4ccccc4F)cc3)N(CC(=O)OC)C2=S)cc1. The number of carbonyl (C=O) groups is 2. The Morgan fingerprint density at radius 2 is 1.72 bits per heavy atom. The molecule has 4 rings (SSSR count). The lowest BCUT2D eigenvalue weighted by Crippen LogP contribution is -2.35. The van der Waals surface area contributed by atoms with Crippen molar-refractivity contribution in [2.75, 3.05) is 18.6 Å². The highest BCUT2D eigenvalue weighted by atomic mass is 32.1. The molecule has 1 heterocycles. The molecule has 0 bridgehead atoms. The fourth-order valence-electron chi connectivity index (χ4n) is 3.73. The van der Waals surface area contributed by atoms with E-state index in [2.05, 4.69) is 6.92 Å². The predicted molar refractivity (Wildman–Crippen MR) is 140 cm³/mol. The van der Waals surface area contributed by atoms with Crippen LogP contribution in [0, 0.1) is 5.82 Å². The number of amides is 1. The standard InChI is InChI=1S/C28H25FN2O4S/c1-3-19-8-12-22(13-9-19)31-27(33)25(30(28(31)36)17-26(32)34-2)16-20-10-14-23(15-11-20)35-18-21-6-4-5-7-24(21)29/h4-16H,3,17-18H2,1-2H3/b25-16-. The van der Waals surface area contributed by atoms with Gasteiger partial charge in [-0.1, -0.05) is 49.4 Å². The van der Waals surface area contributed by atoms with E-state index in [9.17, 15) is 14.0 Å². The summed E-state index contributed by atoms with van der Waals surface area (Å²) in [5.74, 6) is -0.629. The summed E-state index contributed by atoms with van der Waals surface area (Å²) in [5, 5.41) is 0.200. The van der Waals surface area contributed by atoms with Gasteiger partial charge in [0.1, 0.15) is 30.4 Å². The van der Waals surface area contributed by atoms with Crippen LogP contribution in [-0.4, -0.2) is 35.5 Å². The summed E-state index contributed by atoms with van der Waals surface area (Å²) in [7, 11) is 1.29. The van der Waals surface area contributed by atoms with E-state index in [1.54, 1.807) is 48.5 Å². The number of rotatable bonds is 8. The van der Waals surface area contributed by atoms with Gasteiger partial charge in [0.05, 0.1) is 12.8 Å². The van der Waals surface area contributed by atoms with Gasteiger partial charge in [0, 0.05) is 5.56 Å². The van der Waals surface area contributed by atoms with Gasteiger partial charge in [-0.2, -0.15) is 0 Å². The third-order valence-corrected chi connectivity index (χ3v) is 6.19. The van der Waals surface area contributed by atoms with Crippen LogP contribution in [0.4, 0.5) is 10.1 Å². The van der Waals surface area contributed by atoms with Gasteiger partial charge < -0.3 is 14.4 Å². The highest BCUT2D eigenvalue weighted by Crippen LogP contribution is 2.30. The van der Waals surface area contributed by atoms with Crippen molar-refractivity contribution in [3.8, 4) is 5.75 Å². The molecular formula is C28H25FN2O4S. The Morgan fingerprint density at radius 1 is 1.03 bits per heavy atom. The average Bonchev–Trinajstić information content (AvgIpc) is 3.12. The zero-order valence-corrected chi connectivity index (χ0v) is 20.8. The molecule has 1 aliphatic heterocycles. The van der Waals surface area contributed by atoms with Crippen LogP contribution in [0.5, 0.6) is 5.75 Å². The van der Waals surface area contributed by atoms with Crippen molar-refractivity contribution >= 4 is 41.0 Å². The van der Waals surface area contributed by atoms with Crippen molar-refractivity contribution in [2.24, 2.45) is 0 Å². The van der Waals surface area contributed by atoms with Crippen LogP contribution in [0.3, 0.4) is 0 Å². The Labute approximate surface area is 214 Å². The van der Waals surface area contributed by atoms with Crippen molar-refractivity contribution < 1.29 is 23.5 Å². The van der Waals surface area contributed by atoms with E-state index in [0.717, 1.165) is 12.0 Å². The summed E-state index contributed by atoms with van der Waals surface area (Å²) < 4.78 is 24.3. The zero-order chi connectivity index (χ0) is 25.7. The van der Waals surface area contributed by atoms with Crippen molar-refractivity contribution in [2.45, 2.75) is 20.0 Å². The molecular weight excluding hydrogens is 479 g/mol. The first-order valence-electron chi connectivity index (χ1n) is 11.4. The minimum Gasteiger partial charge on any atom is -0.489 e. The maximum absolute atomic E-state index is 13.8. The molecule has 1 saturated heterocycles. The summed E-state index contributed by atoms with van der Waals surface area (Å²) in [6.45, 7) is 1.95. The van der Waals surface area contributed by atoms with Crippen molar-refractivity contribution in [1.29, 1.82) is 0 Å². The molecule has 0 unspecified atom stereocenters. The Bertz CT molecular complexity index is 1310. The van der Waals surface area contributed by atoms with E-state index in [1.165, 1.54) is 23.0 Å². The van der Waals surface area contributed by atoms with Gasteiger partial charge in [-0.15, -0.1) is 0 Å². The molecule has 36 heavy (non-hydrogen) atoms. The fourth-order valence-corrected chi connectivity index (χ4v) is 4.08. The second kappa shape index (κ2) is 11.1. The molecule has 0 spiro atoms. The van der Waals surface area contributed by atoms with E-state index >= 15 is 0 Å². The summed E-state index contributed by atoms with van der Waals surface area (Å²) in [6.07, 6.45) is 2.54. The van der Waals surface area contributed by atoms with Crippen molar-refractivity contribution in [1.82, 2.24) is 4.90 Å². The Kier molecular flexibility index (Phi) is 7.75. The molecule has 3 aromatic rings. The molecule has 0 radical (unpaired) electrons. The van der Waals surface area contributed by atoms with Gasteiger partial charge >= 0.3 is 5.97 Å². The maximum Gasteiger partial charge on any atom is 0.325 e. The summed E-state index contributed by atoms with van der Waals surface area (Å²) in [6, 6.07) is 21.0. The predicted octanol–water partition coefficient (Wildman–Crippen LogP) is 5.11. The van der Waals surface area contributed by atoms with Gasteiger partial charge in [-0.3, -0.25) is 14.5 Å². The topological polar surface area (TPSA) is 59.1 Å². The second-order valence-corrected chi connectivity index (χ2v) is 8.45. The molecule has 184 valence electrons. The number of carbonyl (C=O) groups excluding carboxylic acids is 2. The fraction of sp³-hybridized carbons (Fsp3) is 0.179. The Morgan fingerprint density at radius 3 is 2.36 bits per heavy atom. The number of thiocarbonyl (C=S) groups is 1. The summed E-state index contributed by atoms with van der Waals surface area (Å²) in [5.41, 5.74) is 3.18. The Hall–Kier alpha value is -4.04. The van der Waals surface area contributed by atoms with Gasteiger partial charge in [0.25, 0.3) is 5.91 Å². The lowest BCUT2D eigenvalue weighted by atomic mass is 10.1. The molecule has 3 aromatic carbocycles. The van der Waals surface area contributed by atoms with E-state index in [1.807, 2.05) is 24.3 Å². The number of halogens is 1. The molecule has 0 atom stereocenters. The van der Waals surface area contributed by atoms with Gasteiger partial charge in [-0.25, -0.2) is 4.39 Å². The van der Waals surface area contributed by atoms with Crippen LogP contribution in [0.1, 0.15) is 23.6 Å². The molecule has 0 aromatic heterocycles. The van der Waals surface area contributed by atoms with Crippen LogP contribution in [0.15, 0.2) is 78.5 Å². The van der Waals surface area contributed by atoms with E-state index in [0.29, 0.717) is 22.6 Å². The maximum atomic E-state index is 13.8. The van der Waals surface area contributed by atoms with Crippen LogP contribution in [0.2, 0.25) is 0 Å². The molecule has 0 N–H and O–H groups in total. The quantitative estimate of drug-likeness (QED) is 0.241. The van der Waals surface area contributed by atoms with Gasteiger partial charge in [-0.05, 0) is 66.2 Å². The highest BCUT2D eigenvalue weighted by molar-refractivity contribution is 7.80. The van der Waals surface area contributed by atoms with Crippen LogP contribution >= 0.6 is 12.2 Å². The monoisotopic (exact) mass is 504 g/mol. The molecule has 6 nitrogen and oxygen atoms in total. The number of aryl methyl sites for hydroxylation is 1. The first kappa shape index (κ1) is 25.1. The number of methoxy groups -OCH3 is 1. The molecule has 0 aliphatic carbocycles. The van der Waals surface area contributed by atoms with Crippen LogP contribution in [-0.2, 0) is 27.4 Å². The highest BCUT2D eigenvalue weighted by Gasteiger charge is 2.40. The smallest absolute Gasteiger partial charge is 0.325 e. The van der Waals surface area contributed by atoms with Gasteiger partial charge in [0.15, 0.2) is 5.11 Å². The molecule has 1 aliphatic rings. The third-order valence-electron chi connectivity index (χ3n) is 5.79. The lowest BCUT2D eigenvalue weighted by molar-refractivity contribution is -0.140. The number of nitrogens with zero attached hydrogens (tertiary/aromatic N) is 2. The first-order chi connectivity index (χ1) is 17.4. The number of esters is 1. The van der Waals surface area contributed by atoms with E-state index in [4.69, 9.17) is 21.7 Å². The van der Waals surface area contributed by atoms with Crippen LogP contribution in [0.25, 0.3) is 6.08 Å². The molecule has 1 amide bonds. The summed E-state index contributed by atoms with van der Waals surface area (Å²) in [4.78, 5) is 28.4. The number of hydrogen-bond donors (Lipinski definition) is 0. The molecule has 1 fully saturated rings.